The van der Waals surface area contributed by atoms with E-state index in [1.165, 1.54) is 12.5 Å². The maximum absolute atomic E-state index is 13.7. The number of ketones is 1. The first kappa shape index (κ1) is 47.1. The van der Waals surface area contributed by atoms with E-state index in [1.54, 1.807) is 25.7 Å². The predicted molar refractivity (Wildman–Crippen MR) is 201 cm³/mol. The molecule has 13 heteroatoms. The van der Waals surface area contributed by atoms with Crippen molar-refractivity contribution >= 4 is 48.7 Å². The summed E-state index contributed by atoms with van der Waals surface area (Å²) in [4.78, 5) is 74.5. The molecule has 4 N–H and O–H groups in total. The number of unbranched alkanes of at least 4 members (excludes halogenated alkanes) is 1. The number of aldehydes is 1. The Morgan fingerprint density at radius 2 is 1.64 bits per heavy atom. The first-order valence-electron chi connectivity index (χ1n) is 18.3. The van der Waals surface area contributed by atoms with Crippen LogP contribution >= 0.6 is 12.8 Å². The molecular weight excluding hydrogens is 659 g/mol. The number of nitrogens with one attached hydrogen (secondary N) is 4. The highest BCUT2D eigenvalue weighted by Gasteiger charge is 2.46. The summed E-state index contributed by atoms with van der Waals surface area (Å²) in [6.07, 6.45) is 11.5. The molecule has 1 saturated heterocycles. The Balaban J connectivity index is 0.00000112. The van der Waals surface area contributed by atoms with Crippen LogP contribution in [0.4, 0.5) is 4.79 Å². The second-order valence-electron chi connectivity index (χ2n) is 14.9. The van der Waals surface area contributed by atoms with Crippen molar-refractivity contribution in [2.45, 2.75) is 150 Å². The summed E-state index contributed by atoms with van der Waals surface area (Å²) >= 11 is 3.84. The number of thiol groups is 1. The smallest absolute Gasteiger partial charge is 0.325 e. The van der Waals surface area contributed by atoms with Crippen molar-refractivity contribution in [2.75, 3.05) is 19.6 Å². The Hall–Kier alpha value is -2.93. The van der Waals surface area contributed by atoms with Crippen molar-refractivity contribution in [3.63, 3.8) is 0 Å². The first-order chi connectivity index (χ1) is 23.4. The molecule has 1 heterocycles. The summed E-state index contributed by atoms with van der Waals surface area (Å²) in [5, 5.41) is 7.81. The summed E-state index contributed by atoms with van der Waals surface area (Å²) in [5.41, 5.74) is -1.04. The molecule has 3 unspecified atom stereocenters. The lowest BCUT2D eigenvalue weighted by atomic mass is 9.70. The zero-order chi connectivity index (χ0) is 38.5. The van der Waals surface area contributed by atoms with E-state index in [0.717, 1.165) is 51.2 Å². The van der Waals surface area contributed by atoms with E-state index in [-0.39, 0.29) is 18.4 Å². The number of nitrogens with zero attached hydrogens (tertiary/aromatic N) is 1. The van der Waals surface area contributed by atoms with Crippen LogP contribution in [0.1, 0.15) is 127 Å². The van der Waals surface area contributed by atoms with E-state index in [1.807, 2.05) is 13.8 Å². The Bertz CT molecular complexity index is 1090. The van der Waals surface area contributed by atoms with Crippen LogP contribution in [0.25, 0.3) is 0 Å². The average Bonchev–Trinajstić information content (AvgIpc) is 3.50. The Morgan fingerprint density at radius 3 is 2.12 bits per heavy atom. The summed E-state index contributed by atoms with van der Waals surface area (Å²) in [5.74, 6) is -1.18. The first-order valence-corrected chi connectivity index (χ1v) is 18.7. The summed E-state index contributed by atoms with van der Waals surface area (Å²) in [6.45, 7) is 21.8. The highest BCUT2D eigenvalue weighted by atomic mass is 32.1. The number of rotatable bonds is 15. The molecule has 0 radical (unpaired) electrons. The number of hydrogen-bond donors (Lipinski definition) is 5. The van der Waals surface area contributed by atoms with Crippen LogP contribution in [0.2, 0.25) is 0 Å². The molecule has 288 valence electrons. The van der Waals surface area contributed by atoms with Gasteiger partial charge in [0.1, 0.15) is 24.5 Å². The van der Waals surface area contributed by atoms with E-state index in [2.05, 4.69) is 67.8 Å². The quantitative estimate of drug-likeness (QED) is 0.0499. The Morgan fingerprint density at radius 1 is 1.04 bits per heavy atom. The molecule has 0 spiro atoms. The number of carbonyl (C=O) groups excluding carboxylic acids is 6. The molecule has 4 atom stereocenters. The molecule has 0 aromatic rings. The normalized spacial score (nSPS) is 19.3. The third-order valence-corrected chi connectivity index (χ3v) is 9.05. The molecule has 50 heavy (non-hydrogen) atoms. The van der Waals surface area contributed by atoms with E-state index in [0.29, 0.717) is 31.8 Å². The predicted octanol–water partition coefficient (Wildman–Crippen LogP) is 5.31. The molecule has 0 bridgehead atoms. The van der Waals surface area contributed by atoms with Crippen LogP contribution in [0.15, 0.2) is 12.7 Å². The number of esters is 1. The van der Waals surface area contributed by atoms with Crippen LogP contribution in [0.3, 0.4) is 0 Å². The standard InChI is InChI=1S/C24H41N3O5.C10H18N2O2S.C3H8/c1-16(2)17-12-18(15-28)27(14-17)21(30)20(24(6)10-8-7-9-11-24)26-22(31)25-13-19(29)32-23(3,4)5;1-3-5-6-8(12-15)9(13)10(14)11-7-4-2;1-3-2/h15-18,20H,7-14H2,1-6H3,(H2,25,26,31);4,8,12,15H,2-3,5-7H2,1H3,(H,11,14);3H2,1-2H3/t17-,18?,20?;;/m1../s1. The van der Waals surface area contributed by atoms with Crippen LogP contribution in [-0.2, 0) is 28.7 Å². The third kappa shape index (κ3) is 17.3. The van der Waals surface area contributed by atoms with Gasteiger partial charge in [-0.1, -0.05) is 99.0 Å². The lowest BCUT2D eigenvalue weighted by Crippen LogP contribution is -2.59. The molecule has 1 aliphatic heterocycles. The maximum Gasteiger partial charge on any atom is 0.325 e. The highest BCUT2D eigenvalue weighted by Crippen LogP contribution is 2.40. The van der Waals surface area contributed by atoms with Gasteiger partial charge in [-0.25, -0.2) is 4.79 Å². The van der Waals surface area contributed by atoms with Crippen molar-refractivity contribution in [1.82, 2.24) is 25.6 Å². The molecular formula is C37H67N5O7S. The fraction of sp³-hybridized carbons (Fsp3) is 0.784. The lowest BCUT2D eigenvalue weighted by Gasteiger charge is -2.42. The molecule has 0 aromatic carbocycles. The molecule has 1 saturated carbocycles. The molecule has 4 amide bonds. The molecule has 2 rings (SSSR count). The van der Waals surface area contributed by atoms with Crippen LogP contribution in [-0.4, -0.2) is 84.1 Å². The Labute approximate surface area is 307 Å². The number of likely N-dealkylation sites (tertiary alicyclic amines) is 1. The van der Waals surface area contributed by atoms with Gasteiger partial charge in [0.2, 0.25) is 11.7 Å². The molecule has 1 aliphatic carbocycles. The number of hydrogen-bond acceptors (Lipinski definition) is 9. The zero-order valence-corrected chi connectivity index (χ0v) is 33.1. The largest absolute Gasteiger partial charge is 0.459 e. The number of ether oxygens (including phenoxy) is 1. The van der Waals surface area contributed by atoms with Crippen molar-refractivity contribution < 1.29 is 33.5 Å². The summed E-state index contributed by atoms with van der Waals surface area (Å²) < 4.78 is 7.78. The fourth-order valence-corrected chi connectivity index (χ4v) is 6.14. The van der Waals surface area contributed by atoms with Gasteiger partial charge in [0.15, 0.2) is 0 Å². The minimum atomic E-state index is -0.755. The second-order valence-corrected chi connectivity index (χ2v) is 15.1. The lowest BCUT2D eigenvalue weighted by molar-refractivity contribution is -0.153. The maximum atomic E-state index is 13.7. The number of amides is 4. The van der Waals surface area contributed by atoms with Gasteiger partial charge >= 0.3 is 12.0 Å². The van der Waals surface area contributed by atoms with Gasteiger partial charge in [0.05, 0.1) is 12.1 Å². The van der Waals surface area contributed by atoms with Crippen molar-refractivity contribution in [1.29, 1.82) is 0 Å². The SMILES string of the molecule is C=CCNC(=O)C(=O)C(CCCC)NS.CC(C)[C@@H]1CC(C=O)N(C(=O)C(NC(=O)NCC(=O)OC(C)(C)C)C2(C)CCCCC2)C1.CCC. The van der Waals surface area contributed by atoms with Gasteiger partial charge in [-0.05, 0) is 63.7 Å². The van der Waals surface area contributed by atoms with Crippen molar-refractivity contribution in [3.05, 3.63) is 12.7 Å². The number of urea groups is 1. The van der Waals surface area contributed by atoms with Gasteiger partial charge in [0, 0.05) is 13.1 Å². The summed E-state index contributed by atoms with van der Waals surface area (Å²) in [6, 6.07) is -2.30. The van der Waals surface area contributed by atoms with Gasteiger partial charge in [0.25, 0.3) is 5.91 Å². The van der Waals surface area contributed by atoms with E-state index >= 15 is 0 Å². The third-order valence-electron chi connectivity index (χ3n) is 8.74. The minimum absolute atomic E-state index is 0.206. The van der Waals surface area contributed by atoms with Gasteiger partial charge in [-0.15, -0.1) is 6.58 Å². The van der Waals surface area contributed by atoms with E-state index in [9.17, 15) is 28.8 Å². The highest BCUT2D eigenvalue weighted by molar-refractivity contribution is 7.78. The van der Waals surface area contributed by atoms with Crippen molar-refractivity contribution in [3.8, 4) is 0 Å². The molecule has 2 fully saturated rings. The molecule has 12 nitrogen and oxygen atoms in total. The topological polar surface area (TPSA) is 163 Å². The second kappa shape index (κ2) is 24.3. The average molecular weight is 726 g/mol. The van der Waals surface area contributed by atoms with Crippen LogP contribution < -0.4 is 20.7 Å². The fourth-order valence-electron chi connectivity index (χ4n) is 5.90. The van der Waals surface area contributed by atoms with E-state index in [4.69, 9.17) is 4.74 Å². The van der Waals surface area contributed by atoms with E-state index < -0.39 is 52.8 Å². The number of carbonyl (C=O) groups is 6. The molecule has 2 aliphatic rings. The van der Waals surface area contributed by atoms with Gasteiger partial charge in [-0.2, -0.15) is 0 Å². The van der Waals surface area contributed by atoms with Crippen LogP contribution in [0.5, 0.6) is 0 Å². The monoisotopic (exact) mass is 725 g/mol. The van der Waals surface area contributed by atoms with Gasteiger partial charge < -0.3 is 30.4 Å². The zero-order valence-electron chi connectivity index (χ0n) is 32.2. The van der Waals surface area contributed by atoms with Crippen molar-refractivity contribution in [2.24, 2.45) is 17.3 Å². The Kier molecular flexibility index (Phi) is 22.9. The summed E-state index contributed by atoms with van der Waals surface area (Å²) in [7, 11) is 0. The minimum Gasteiger partial charge on any atom is -0.459 e. The van der Waals surface area contributed by atoms with Crippen LogP contribution in [0, 0.1) is 17.3 Å². The van der Waals surface area contributed by atoms with Gasteiger partial charge in [-0.3, -0.25) is 23.9 Å². The molecule has 0 aromatic heterocycles. The number of Topliss-reactive ketones (excluding diaryl/α,β-unsaturated/α-hetero) is 1.